The number of carboxylic acids is 1. The normalized spacial score (nSPS) is 16.2. The Morgan fingerprint density at radius 1 is 1.32 bits per heavy atom. The van der Waals surface area contributed by atoms with Crippen molar-refractivity contribution in [2.45, 2.75) is 58.8 Å². The molecule has 1 atom stereocenters. The number of aliphatic carboxylic acids is 1. The molecule has 0 radical (unpaired) electrons. The van der Waals surface area contributed by atoms with Crippen molar-refractivity contribution in [1.82, 2.24) is 0 Å². The van der Waals surface area contributed by atoms with Gasteiger partial charge in [-0.25, -0.2) is 4.79 Å². The molecule has 0 aromatic carbocycles. The molecule has 6 nitrogen and oxygen atoms in total. The zero-order valence-corrected chi connectivity index (χ0v) is 15.5. The average Bonchev–Trinajstić information content (AvgIpc) is 2.88. The van der Waals surface area contributed by atoms with Gasteiger partial charge in [0.2, 0.25) is 5.91 Å². The van der Waals surface area contributed by atoms with Crippen LogP contribution in [0.3, 0.4) is 0 Å². The van der Waals surface area contributed by atoms with Gasteiger partial charge in [-0.1, -0.05) is 13.8 Å². The van der Waals surface area contributed by atoms with Gasteiger partial charge in [-0.2, -0.15) is 0 Å². The predicted molar refractivity (Wildman–Crippen MR) is 93.6 cm³/mol. The number of hydrogen-bond acceptors (Lipinski definition) is 6. The average molecular weight is 366 g/mol. The first-order valence-corrected chi connectivity index (χ1v) is 9.55. The summed E-state index contributed by atoms with van der Waals surface area (Å²) in [5, 5.41) is 13.7. The molecule has 0 bridgehead atoms. The van der Waals surface area contributed by atoms with Crippen LogP contribution in [0.5, 0.6) is 0 Å². The van der Waals surface area contributed by atoms with Gasteiger partial charge in [0, 0.05) is 17.3 Å². The SMILES string of the molecule is CCCOC(=O)c1c(NC(=O)CCCC(=O)[O-])sc2c1CC[C@@H](C)C2. The zero-order chi connectivity index (χ0) is 18.4. The number of nitrogens with one attached hydrogen (secondary N) is 1. The third-order valence-electron chi connectivity index (χ3n) is 4.19. The van der Waals surface area contributed by atoms with Crippen LogP contribution in [0.15, 0.2) is 0 Å². The van der Waals surface area contributed by atoms with Crippen LogP contribution in [0, 0.1) is 5.92 Å². The lowest BCUT2D eigenvalue weighted by molar-refractivity contribution is -0.305. The van der Waals surface area contributed by atoms with E-state index in [1.54, 1.807) is 0 Å². The molecule has 1 amide bonds. The molecule has 7 heteroatoms. The molecule has 0 saturated heterocycles. The maximum absolute atomic E-state index is 12.5. The highest BCUT2D eigenvalue weighted by Gasteiger charge is 2.29. The summed E-state index contributed by atoms with van der Waals surface area (Å²) in [6.07, 6.45) is 3.59. The highest BCUT2D eigenvalue weighted by Crippen LogP contribution is 2.40. The van der Waals surface area contributed by atoms with Crippen LogP contribution in [0.25, 0.3) is 0 Å². The molecule has 1 aliphatic rings. The van der Waals surface area contributed by atoms with Crippen LogP contribution in [-0.2, 0) is 27.2 Å². The van der Waals surface area contributed by atoms with Gasteiger partial charge in [0.15, 0.2) is 0 Å². The Labute approximate surface area is 151 Å². The monoisotopic (exact) mass is 366 g/mol. The summed E-state index contributed by atoms with van der Waals surface area (Å²) in [4.78, 5) is 36.1. The number of anilines is 1. The number of amides is 1. The molecule has 138 valence electrons. The summed E-state index contributed by atoms with van der Waals surface area (Å²) in [5.41, 5.74) is 1.47. The van der Waals surface area contributed by atoms with Gasteiger partial charge in [-0.3, -0.25) is 4.79 Å². The Kier molecular flexibility index (Phi) is 6.99. The molecule has 2 rings (SSSR count). The number of carbonyl (C=O) groups is 3. The van der Waals surface area contributed by atoms with Crippen molar-refractivity contribution in [3.8, 4) is 0 Å². The Morgan fingerprint density at radius 3 is 2.76 bits per heavy atom. The third-order valence-corrected chi connectivity index (χ3v) is 5.36. The second-order valence-corrected chi connectivity index (χ2v) is 7.57. The maximum Gasteiger partial charge on any atom is 0.341 e. The van der Waals surface area contributed by atoms with Gasteiger partial charge in [0.1, 0.15) is 5.00 Å². The molecular formula is C18H24NO5S-. The number of esters is 1. The molecular weight excluding hydrogens is 342 g/mol. The van der Waals surface area contributed by atoms with E-state index in [-0.39, 0.29) is 31.1 Å². The molecule has 0 aliphatic heterocycles. The number of hydrogen-bond donors (Lipinski definition) is 1. The van der Waals surface area contributed by atoms with E-state index in [1.165, 1.54) is 11.3 Å². The fourth-order valence-electron chi connectivity index (χ4n) is 2.90. The second kappa shape index (κ2) is 8.99. The summed E-state index contributed by atoms with van der Waals surface area (Å²) < 4.78 is 5.29. The Bertz CT molecular complexity index is 652. The van der Waals surface area contributed by atoms with E-state index < -0.39 is 5.97 Å². The fourth-order valence-corrected chi connectivity index (χ4v) is 4.32. The number of rotatable bonds is 8. The molecule has 1 N–H and O–H groups in total. The smallest absolute Gasteiger partial charge is 0.341 e. The summed E-state index contributed by atoms with van der Waals surface area (Å²) in [7, 11) is 0. The molecule has 1 aromatic heterocycles. The Balaban J connectivity index is 2.16. The van der Waals surface area contributed by atoms with E-state index in [9.17, 15) is 19.5 Å². The van der Waals surface area contributed by atoms with E-state index in [4.69, 9.17) is 4.74 Å². The summed E-state index contributed by atoms with van der Waals surface area (Å²) in [6.45, 7) is 4.45. The molecule has 25 heavy (non-hydrogen) atoms. The van der Waals surface area contributed by atoms with Crippen LogP contribution < -0.4 is 10.4 Å². The van der Waals surface area contributed by atoms with Crippen LogP contribution in [0.4, 0.5) is 5.00 Å². The van der Waals surface area contributed by atoms with Crippen LogP contribution >= 0.6 is 11.3 Å². The first-order chi connectivity index (χ1) is 11.9. The van der Waals surface area contributed by atoms with Crippen molar-refractivity contribution >= 4 is 34.2 Å². The topological polar surface area (TPSA) is 95.5 Å². The molecule has 1 heterocycles. The summed E-state index contributed by atoms with van der Waals surface area (Å²) in [5.74, 6) is -1.30. The predicted octanol–water partition coefficient (Wildman–Crippen LogP) is 2.30. The van der Waals surface area contributed by atoms with Crippen molar-refractivity contribution in [2.24, 2.45) is 5.92 Å². The highest BCUT2D eigenvalue weighted by molar-refractivity contribution is 7.17. The maximum atomic E-state index is 12.5. The van der Waals surface area contributed by atoms with Gasteiger partial charge in [0.25, 0.3) is 0 Å². The molecule has 0 fully saturated rings. The first kappa shape index (κ1) is 19.4. The minimum absolute atomic E-state index is 0.0798. The fraction of sp³-hybridized carbons (Fsp3) is 0.611. The minimum atomic E-state index is -1.17. The van der Waals surface area contributed by atoms with Crippen molar-refractivity contribution in [1.29, 1.82) is 0 Å². The number of carboxylic acid groups (broad SMARTS) is 1. The van der Waals surface area contributed by atoms with Gasteiger partial charge in [-0.05, 0) is 50.0 Å². The third kappa shape index (κ3) is 5.29. The van der Waals surface area contributed by atoms with E-state index in [0.29, 0.717) is 23.1 Å². The minimum Gasteiger partial charge on any atom is -0.550 e. The summed E-state index contributed by atoms with van der Waals surface area (Å²) in [6, 6.07) is 0. The van der Waals surface area contributed by atoms with E-state index in [1.807, 2.05) is 6.92 Å². The number of thiophene rings is 1. The standard InChI is InChI=1S/C18H25NO5S/c1-3-9-24-18(23)16-12-8-7-11(2)10-13(12)25-17(16)19-14(20)5-4-6-15(21)22/h11H,3-10H2,1-2H3,(H,19,20)(H,21,22)/p-1/t11-/m1/s1. The van der Waals surface area contributed by atoms with E-state index in [0.717, 1.165) is 36.1 Å². The van der Waals surface area contributed by atoms with E-state index >= 15 is 0 Å². The van der Waals surface area contributed by atoms with Crippen molar-refractivity contribution in [2.75, 3.05) is 11.9 Å². The summed E-state index contributed by atoms with van der Waals surface area (Å²) >= 11 is 1.43. The molecule has 1 aromatic rings. The lowest BCUT2D eigenvalue weighted by Gasteiger charge is -2.18. The quantitative estimate of drug-likeness (QED) is 0.712. The Hall–Kier alpha value is -1.89. The van der Waals surface area contributed by atoms with Crippen molar-refractivity contribution in [3.05, 3.63) is 16.0 Å². The van der Waals surface area contributed by atoms with Crippen molar-refractivity contribution < 1.29 is 24.2 Å². The lowest BCUT2D eigenvalue weighted by Crippen LogP contribution is -2.22. The molecule has 0 spiro atoms. The van der Waals surface area contributed by atoms with Gasteiger partial charge in [-0.15, -0.1) is 11.3 Å². The molecule has 1 aliphatic carbocycles. The van der Waals surface area contributed by atoms with Crippen molar-refractivity contribution in [3.63, 3.8) is 0 Å². The molecule has 0 saturated carbocycles. The largest absolute Gasteiger partial charge is 0.550 e. The second-order valence-electron chi connectivity index (χ2n) is 6.47. The first-order valence-electron chi connectivity index (χ1n) is 8.73. The van der Waals surface area contributed by atoms with Crippen LogP contribution in [0.2, 0.25) is 0 Å². The Morgan fingerprint density at radius 2 is 2.08 bits per heavy atom. The number of fused-ring (bicyclic) bond motifs is 1. The van der Waals surface area contributed by atoms with Gasteiger partial charge < -0.3 is 20.0 Å². The van der Waals surface area contributed by atoms with Gasteiger partial charge >= 0.3 is 5.97 Å². The molecule has 0 unspecified atom stereocenters. The van der Waals surface area contributed by atoms with Crippen LogP contribution in [-0.4, -0.2) is 24.5 Å². The lowest BCUT2D eigenvalue weighted by atomic mass is 9.88. The zero-order valence-electron chi connectivity index (χ0n) is 14.7. The van der Waals surface area contributed by atoms with E-state index in [2.05, 4.69) is 12.2 Å². The highest BCUT2D eigenvalue weighted by atomic mass is 32.1. The van der Waals surface area contributed by atoms with Gasteiger partial charge in [0.05, 0.1) is 12.2 Å². The number of carbonyl (C=O) groups excluding carboxylic acids is 3. The van der Waals surface area contributed by atoms with Crippen LogP contribution in [0.1, 0.15) is 66.8 Å². The number of ether oxygens (including phenoxy) is 1.